The molecule has 1 fully saturated rings. The zero-order valence-corrected chi connectivity index (χ0v) is 14.1. The molecule has 3 rings (SSSR count). The van der Waals surface area contributed by atoms with Crippen molar-refractivity contribution in [3.8, 4) is 0 Å². The first-order chi connectivity index (χ1) is 11.2. The number of hydrogen-bond donors (Lipinski definition) is 1. The Labute approximate surface area is 142 Å². The molecule has 1 saturated heterocycles. The molecule has 0 unspecified atom stereocenters. The molecule has 2 heterocycles. The van der Waals surface area contributed by atoms with Gasteiger partial charge in [0.1, 0.15) is 5.82 Å². The molecule has 0 amide bonds. The fraction of sp³-hybridized carbons (Fsp3) is 0.412. The Balaban J connectivity index is 1.60. The van der Waals surface area contributed by atoms with Crippen molar-refractivity contribution in [1.82, 2.24) is 14.9 Å². The van der Waals surface area contributed by atoms with E-state index in [9.17, 15) is 0 Å². The zero-order valence-electron chi connectivity index (χ0n) is 13.4. The van der Waals surface area contributed by atoms with Gasteiger partial charge in [-0.2, -0.15) is 4.98 Å². The smallest absolute Gasteiger partial charge is 0.224 e. The summed E-state index contributed by atoms with van der Waals surface area (Å²) < 4.78 is 0. The van der Waals surface area contributed by atoms with Crippen LogP contribution in [0.4, 0.5) is 11.8 Å². The average Bonchev–Trinajstić information content (AvgIpc) is 2.61. The van der Waals surface area contributed by atoms with E-state index >= 15 is 0 Å². The summed E-state index contributed by atoms with van der Waals surface area (Å²) in [4.78, 5) is 13.7. The number of benzene rings is 1. The second-order valence-electron chi connectivity index (χ2n) is 5.64. The van der Waals surface area contributed by atoms with Crippen LogP contribution in [0.1, 0.15) is 12.5 Å². The van der Waals surface area contributed by atoms with E-state index in [1.807, 2.05) is 36.5 Å². The van der Waals surface area contributed by atoms with Gasteiger partial charge >= 0.3 is 0 Å². The van der Waals surface area contributed by atoms with E-state index in [4.69, 9.17) is 11.6 Å². The van der Waals surface area contributed by atoms with Crippen molar-refractivity contribution in [2.24, 2.45) is 0 Å². The van der Waals surface area contributed by atoms with Crippen LogP contribution in [0.15, 0.2) is 36.5 Å². The first-order valence-electron chi connectivity index (χ1n) is 8.03. The molecule has 0 bridgehead atoms. The Morgan fingerprint density at radius 2 is 1.83 bits per heavy atom. The molecule has 6 heteroatoms. The maximum atomic E-state index is 5.90. The van der Waals surface area contributed by atoms with Crippen molar-refractivity contribution >= 4 is 23.4 Å². The molecular formula is C17H22ClN5. The molecule has 1 aromatic carbocycles. The number of piperazine rings is 1. The van der Waals surface area contributed by atoms with Gasteiger partial charge < -0.3 is 15.1 Å². The van der Waals surface area contributed by atoms with Gasteiger partial charge in [-0.1, -0.05) is 30.7 Å². The molecular weight excluding hydrogens is 310 g/mol. The third kappa shape index (κ3) is 4.33. The monoisotopic (exact) mass is 331 g/mol. The fourth-order valence-electron chi connectivity index (χ4n) is 2.69. The van der Waals surface area contributed by atoms with E-state index in [-0.39, 0.29) is 0 Å². The highest BCUT2D eigenvalue weighted by Crippen LogP contribution is 2.15. The van der Waals surface area contributed by atoms with Crippen LogP contribution in [0.2, 0.25) is 5.02 Å². The minimum Gasteiger partial charge on any atom is -0.354 e. The van der Waals surface area contributed by atoms with Crippen molar-refractivity contribution < 1.29 is 0 Å². The van der Waals surface area contributed by atoms with Crippen LogP contribution in [-0.2, 0) is 6.54 Å². The summed E-state index contributed by atoms with van der Waals surface area (Å²) in [5, 5.41) is 4.03. The fourth-order valence-corrected chi connectivity index (χ4v) is 2.81. The van der Waals surface area contributed by atoms with Gasteiger partial charge in [0.15, 0.2) is 0 Å². The summed E-state index contributed by atoms with van der Waals surface area (Å²) in [7, 11) is 0. The molecule has 5 nitrogen and oxygen atoms in total. The first-order valence-corrected chi connectivity index (χ1v) is 8.41. The van der Waals surface area contributed by atoms with Crippen LogP contribution in [0.25, 0.3) is 0 Å². The maximum Gasteiger partial charge on any atom is 0.224 e. The Morgan fingerprint density at radius 1 is 1.09 bits per heavy atom. The van der Waals surface area contributed by atoms with Gasteiger partial charge in [0.05, 0.1) is 0 Å². The van der Waals surface area contributed by atoms with Crippen molar-refractivity contribution in [3.05, 3.63) is 47.1 Å². The van der Waals surface area contributed by atoms with Crippen LogP contribution in [0, 0.1) is 0 Å². The molecule has 0 atom stereocenters. The predicted octanol–water partition coefficient (Wildman–Crippen LogP) is 2.88. The van der Waals surface area contributed by atoms with E-state index in [0.717, 1.165) is 49.1 Å². The van der Waals surface area contributed by atoms with Crippen molar-refractivity contribution in [2.45, 2.75) is 13.5 Å². The number of anilines is 2. The van der Waals surface area contributed by atoms with Gasteiger partial charge in [-0.3, -0.25) is 0 Å². The molecule has 23 heavy (non-hydrogen) atoms. The molecule has 122 valence electrons. The van der Waals surface area contributed by atoms with Gasteiger partial charge in [0, 0.05) is 43.9 Å². The predicted molar refractivity (Wildman–Crippen MR) is 95.1 cm³/mol. The zero-order chi connectivity index (χ0) is 16.1. The molecule has 0 spiro atoms. The lowest BCUT2D eigenvalue weighted by Gasteiger charge is -2.34. The SMILES string of the molecule is CCN1CCN(c2ccnc(NCc3ccc(Cl)cc3)n2)CC1. The quantitative estimate of drug-likeness (QED) is 0.912. The third-order valence-corrected chi connectivity index (χ3v) is 4.40. The highest BCUT2D eigenvalue weighted by atomic mass is 35.5. The lowest BCUT2D eigenvalue weighted by atomic mass is 10.2. The number of likely N-dealkylation sites (N-methyl/N-ethyl adjacent to an activating group) is 1. The Kier molecular flexibility index (Phi) is 5.31. The van der Waals surface area contributed by atoms with Crippen LogP contribution in [-0.4, -0.2) is 47.6 Å². The van der Waals surface area contributed by atoms with E-state index in [2.05, 4.69) is 32.0 Å². The molecule has 1 aliphatic heterocycles. The van der Waals surface area contributed by atoms with Gasteiger partial charge in [0.2, 0.25) is 5.95 Å². The van der Waals surface area contributed by atoms with E-state index < -0.39 is 0 Å². The second-order valence-corrected chi connectivity index (χ2v) is 6.08. The largest absolute Gasteiger partial charge is 0.354 e. The number of rotatable bonds is 5. The molecule has 2 aromatic rings. The van der Waals surface area contributed by atoms with Crippen LogP contribution in [0.3, 0.4) is 0 Å². The van der Waals surface area contributed by atoms with Gasteiger partial charge in [0.25, 0.3) is 0 Å². The number of nitrogens with zero attached hydrogens (tertiary/aromatic N) is 4. The highest BCUT2D eigenvalue weighted by Gasteiger charge is 2.17. The molecule has 1 aliphatic rings. The maximum absolute atomic E-state index is 5.90. The Bertz CT molecular complexity index is 623. The minimum absolute atomic E-state index is 0.662. The van der Waals surface area contributed by atoms with Crippen molar-refractivity contribution in [2.75, 3.05) is 42.9 Å². The lowest BCUT2D eigenvalue weighted by Crippen LogP contribution is -2.46. The summed E-state index contributed by atoms with van der Waals surface area (Å²) in [5.74, 6) is 1.66. The highest BCUT2D eigenvalue weighted by molar-refractivity contribution is 6.30. The number of hydrogen-bond acceptors (Lipinski definition) is 5. The van der Waals surface area contributed by atoms with Crippen molar-refractivity contribution in [3.63, 3.8) is 0 Å². The van der Waals surface area contributed by atoms with Gasteiger partial charge in [-0.15, -0.1) is 0 Å². The van der Waals surface area contributed by atoms with Gasteiger partial charge in [-0.05, 0) is 30.3 Å². The molecule has 0 aliphatic carbocycles. The van der Waals surface area contributed by atoms with Crippen molar-refractivity contribution in [1.29, 1.82) is 0 Å². The lowest BCUT2D eigenvalue weighted by molar-refractivity contribution is 0.270. The summed E-state index contributed by atoms with van der Waals surface area (Å²) in [5.41, 5.74) is 1.15. The van der Waals surface area contributed by atoms with Gasteiger partial charge in [-0.25, -0.2) is 4.98 Å². The van der Waals surface area contributed by atoms with E-state index in [0.29, 0.717) is 12.5 Å². The summed E-state index contributed by atoms with van der Waals surface area (Å²) in [6.45, 7) is 8.22. The molecule has 1 N–H and O–H groups in total. The molecule has 0 saturated carbocycles. The summed E-state index contributed by atoms with van der Waals surface area (Å²) in [6, 6.07) is 9.77. The molecule has 1 aromatic heterocycles. The van der Waals surface area contributed by atoms with E-state index in [1.165, 1.54) is 0 Å². The second kappa shape index (κ2) is 7.62. The average molecular weight is 332 g/mol. The van der Waals surface area contributed by atoms with E-state index in [1.54, 1.807) is 0 Å². The molecule has 0 radical (unpaired) electrons. The van der Waals surface area contributed by atoms with Crippen LogP contribution in [0.5, 0.6) is 0 Å². The van der Waals surface area contributed by atoms with Crippen LogP contribution >= 0.6 is 11.6 Å². The first kappa shape index (κ1) is 16.0. The standard InChI is InChI=1S/C17H22ClN5/c1-2-22-9-11-23(12-10-22)16-7-8-19-17(21-16)20-13-14-3-5-15(18)6-4-14/h3-8H,2,9-13H2,1H3,(H,19,20,21). The number of aromatic nitrogens is 2. The topological polar surface area (TPSA) is 44.3 Å². The van der Waals surface area contributed by atoms with Crippen LogP contribution < -0.4 is 10.2 Å². The normalized spacial score (nSPS) is 15.7. The summed E-state index contributed by atoms with van der Waals surface area (Å²) in [6.07, 6.45) is 1.82. The Morgan fingerprint density at radius 3 is 2.52 bits per heavy atom. The third-order valence-electron chi connectivity index (χ3n) is 4.15. The Hall–Kier alpha value is -1.85. The summed E-state index contributed by atoms with van der Waals surface area (Å²) >= 11 is 5.90. The minimum atomic E-state index is 0.662. The number of nitrogens with one attached hydrogen (secondary N) is 1. The number of halogens is 1.